The molecule has 1 amide bonds. The number of oxazole rings is 1. The molecule has 0 radical (unpaired) electrons. The van der Waals surface area contributed by atoms with Crippen LogP contribution >= 0.6 is 0 Å². The zero-order chi connectivity index (χ0) is 21.5. The third-order valence-electron chi connectivity index (χ3n) is 4.41. The highest BCUT2D eigenvalue weighted by Crippen LogP contribution is 2.29. The summed E-state index contributed by atoms with van der Waals surface area (Å²) in [4.78, 5) is 16.6. The van der Waals surface area contributed by atoms with Crippen molar-refractivity contribution in [1.29, 1.82) is 0 Å². The van der Waals surface area contributed by atoms with E-state index in [9.17, 15) is 4.79 Å². The van der Waals surface area contributed by atoms with Crippen LogP contribution in [0.25, 0.3) is 23.3 Å². The molecule has 1 aromatic heterocycles. The zero-order valence-corrected chi connectivity index (χ0v) is 17.1. The van der Waals surface area contributed by atoms with Gasteiger partial charge in [0.05, 0.1) is 6.61 Å². The first-order valence-corrected chi connectivity index (χ1v) is 9.99. The first-order valence-electron chi connectivity index (χ1n) is 9.99. The molecule has 0 spiro atoms. The Morgan fingerprint density at radius 3 is 2.58 bits per heavy atom. The number of aromatic nitrogens is 1. The van der Waals surface area contributed by atoms with E-state index in [1.807, 2.05) is 79.7 Å². The van der Waals surface area contributed by atoms with Crippen molar-refractivity contribution in [3.05, 3.63) is 84.3 Å². The van der Waals surface area contributed by atoms with Crippen LogP contribution in [-0.4, -0.2) is 24.1 Å². The average Bonchev–Trinajstić information content (AvgIpc) is 3.21. The average molecular weight is 414 g/mol. The van der Waals surface area contributed by atoms with E-state index < -0.39 is 0 Å². The molecule has 156 valence electrons. The Hall–Kier alpha value is -4.06. The Morgan fingerprint density at radius 1 is 0.968 bits per heavy atom. The summed E-state index contributed by atoms with van der Waals surface area (Å²) in [6.07, 6.45) is 3.69. The van der Waals surface area contributed by atoms with Gasteiger partial charge in [0.2, 0.25) is 5.89 Å². The lowest BCUT2D eigenvalue weighted by Crippen LogP contribution is -2.20. The minimum absolute atomic E-state index is 0.118. The summed E-state index contributed by atoms with van der Waals surface area (Å²) in [5, 5.41) is 2.79. The van der Waals surface area contributed by atoms with Crippen LogP contribution in [0.15, 0.2) is 77.2 Å². The molecule has 0 aliphatic heterocycles. The van der Waals surface area contributed by atoms with E-state index in [2.05, 4.69) is 10.3 Å². The van der Waals surface area contributed by atoms with Gasteiger partial charge in [0.25, 0.3) is 5.91 Å². The lowest BCUT2D eigenvalue weighted by molar-refractivity contribution is -0.118. The fraction of sp³-hybridized carbons (Fsp3) is 0.120. The number of carbonyl (C=O) groups excluding carboxylic acids is 1. The van der Waals surface area contributed by atoms with Gasteiger partial charge in [-0.05, 0) is 55.0 Å². The Morgan fingerprint density at radius 2 is 1.77 bits per heavy atom. The van der Waals surface area contributed by atoms with E-state index in [0.717, 1.165) is 22.4 Å². The molecule has 0 atom stereocenters. The number of nitrogens with zero attached hydrogens (tertiary/aromatic N) is 1. The van der Waals surface area contributed by atoms with Gasteiger partial charge in [0.15, 0.2) is 23.7 Å². The number of hydrogen-bond acceptors (Lipinski definition) is 5. The minimum Gasteiger partial charge on any atom is -0.490 e. The summed E-state index contributed by atoms with van der Waals surface area (Å²) in [5.74, 6) is 1.35. The third-order valence-corrected chi connectivity index (χ3v) is 4.41. The normalized spacial score (nSPS) is 11.0. The molecule has 31 heavy (non-hydrogen) atoms. The Kier molecular flexibility index (Phi) is 6.28. The SMILES string of the molecule is CCOc1cc(/C=C/c2nc3ccccc3o2)ccc1OCC(=O)Nc1ccccc1. The second-order valence-electron chi connectivity index (χ2n) is 6.70. The predicted molar refractivity (Wildman–Crippen MR) is 121 cm³/mol. The molecule has 1 N–H and O–H groups in total. The summed E-state index contributed by atoms with van der Waals surface area (Å²) in [6, 6.07) is 22.4. The monoisotopic (exact) mass is 414 g/mol. The molecular weight excluding hydrogens is 392 g/mol. The van der Waals surface area contributed by atoms with Gasteiger partial charge in [-0.25, -0.2) is 4.98 Å². The van der Waals surface area contributed by atoms with Gasteiger partial charge in [-0.15, -0.1) is 0 Å². The third kappa shape index (κ3) is 5.30. The van der Waals surface area contributed by atoms with Crippen molar-refractivity contribution in [2.45, 2.75) is 6.92 Å². The highest BCUT2D eigenvalue weighted by molar-refractivity contribution is 5.91. The first-order chi connectivity index (χ1) is 15.2. The van der Waals surface area contributed by atoms with Crippen molar-refractivity contribution in [2.24, 2.45) is 0 Å². The van der Waals surface area contributed by atoms with Crippen LogP contribution in [0.1, 0.15) is 18.4 Å². The van der Waals surface area contributed by atoms with E-state index >= 15 is 0 Å². The number of hydrogen-bond donors (Lipinski definition) is 1. The number of amides is 1. The van der Waals surface area contributed by atoms with E-state index in [1.54, 1.807) is 12.1 Å². The van der Waals surface area contributed by atoms with Crippen LogP contribution in [0.2, 0.25) is 0 Å². The lowest BCUT2D eigenvalue weighted by Gasteiger charge is -2.12. The summed E-state index contributed by atoms with van der Waals surface area (Å²) in [6.45, 7) is 2.25. The maximum atomic E-state index is 12.1. The van der Waals surface area contributed by atoms with Crippen LogP contribution in [-0.2, 0) is 4.79 Å². The van der Waals surface area contributed by atoms with Crippen molar-refractivity contribution < 1.29 is 18.7 Å². The van der Waals surface area contributed by atoms with Crippen LogP contribution in [0.5, 0.6) is 11.5 Å². The molecule has 4 rings (SSSR count). The largest absolute Gasteiger partial charge is 0.490 e. The van der Waals surface area contributed by atoms with Crippen molar-refractivity contribution in [1.82, 2.24) is 4.98 Å². The highest BCUT2D eigenvalue weighted by Gasteiger charge is 2.09. The van der Waals surface area contributed by atoms with Gasteiger partial charge in [-0.1, -0.05) is 36.4 Å². The van der Waals surface area contributed by atoms with Crippen LogP contribution in [0.4, 0.5) is 5.69 Å². The van der Waals surface area contributed by atoms with Gasteiger partial charge in [0, 0.05) is 11.8 Å². The standard InChI is InChI=1S/C25H22N2O4/c1-2-29-23-16-18(13-15-25-27-20-10-6-7-11-21(20)31-25)12-14-22(23)30-17-24(28)26-19-8-4-3-5-9-19/h3-16H,2,17H2,1H3,(H,26,28)/b15-13+. The minimum atomic E-state index is -0.242. The Balaban J connectivity index is 1.43. The Labute approximate surface area is 180 Å². The van der Waals surface area contributed by atoms with Crippen molar-refractivity contribution in [2.75, 3.05) is 18.5 Å². The summed E-state index contributed by atoms with van der Waals surface area (Å²) in [7, 11) is 0. The predicted octanol–water partition coefficient (Wildman–Crippen LogP) is 5.41. The molecule has 0 bridgehead atoms. The number of anilines is 1. The van der Waals surface area contributed by atoms with E-state index in [1.165, 1.54) is 0 Å². The molecule has 0 saturated heterocycles. The quantitative estimate of drug-likeness (QED) is 0.417. The lowest BCUT2D eigenvalue weighted by atomic mass is 10.2. The smallest absolute Gasteiger partial charge is 0.262 e. The molecule has 1 heterocycles. The van der Waals surface area contributed by atoms with Crippen molar-refractivity contribution in [3.63, 3.8) is 0 Å². The maximum Gasteiger partial charge on any atom is 0.262 e. The molecule has 3 aromatic carbocycles. The zero-order valence-electron chi connectivity index (χ0n) is 17.1. The number of carbonyl (C=O) groups is 1. The van der Waals surface area contributed by atoms with E-state index in [0.29, 0.717) is 24.0 Å². The number of fused-ring (bicyclic) bond motifs is 1. The fourth-order valence-corrected chi connectivity index (χ4v) is 3.01. The number of rotatable bonds is 8. The van der Waals surface area contributed by atoms with Crippen LogP contribution in [0.3, 0.4) is 0 Å². The maximum absolute atomic E-state index is 12.1. The van der Waals surface area contributed by atoms with E-state index in [-0.39, 0.29) is 12.5 Å². The summed E-state index contributed by atoms with van der Waals surface area (Å²) >= 11 is 0. The molecule has 6 nitrogen and oxygen atoms in total. The molecule has 0 unspecified atom stereocenters. The van der Waals surface area contributed by atoms with Crippen molar-refractivity contribution in [3.8, 4) is 11.5 Å². The second kappa shape index (κ2) is 9.63. The molecule has 4 aromatic rings. The van der Waals surface area contributed by atoms with Crippen LogP contribution < -0.4 is 14.8 Å². The van der Waals surface area contributed by atoms with Crippen molar-refractivity contribution >= 4 is 34.8 Å². The number of para-hydroxylation sites is 3. The number of ether oxygens (including phenoxy) is 2. The molecule has 0 aliphatic carbocycles. The molecule has 0 fully saturated rings. The summed E-state index contributed by atoms with van der Waals surface area (Å²) < 4.78 is 17.1. The van der Waals surface area contributed by atoms with Gasteiger partial charge in [-0.3, -0.25) is 4.79 Å². The molecule has 0 saturated carbocycles. The first kappa shape index (κ1) is 20.2. The molecular formula is C25H22N2O4. The van der Waals surface area contributed by atoms with Gasteiger partial charge in [-0.2, -0.15) is 0 Å². The Bertz CT molecular complexity index is 1170. The number of benzene rings is 3. The molecule has 6 heteroatoms. The topological polar surface area (TPSA) is 73.6 Å². The van der Waals surface area contributed by atoms with Gasteiger partial charge < -0.3 is 19.2 Å². The van der Waals surface area contributed by atoms with E-state index in [4.69, 9.17) is 13.9 Å². The molecule has 0 aliphatic rings. The summed E-state index contributed by atoms with van der Waals surface area (Å²) in [5.41, 5.74) is 3.18. The second-order valence-corrected chi connectivity index (χ2v) is 6.70. The van der Waals surface area contributed by atoms with Crippen LogP contribution in [0, 0.1) is 0 Å². The number of nitrogens with one attached hydrogen (secondary N) is 1. The van der Waals surface area contributed by atoms with Gasteiger partial charge >= 0.3 is 0 Å². The van der Waals surface area contributed by atoms with Gasteiger partial charge in [0.1, 0.15) is 5.52 Å². The fourth-order valence-electron chi connectivity index (χ4n) is 3.01. The highest BCUT2D eigenvalue weighted by atomic mass is 16.5.